The van der Waals surface area contributed by atoms with Gasteiger partial charge in [-0.2, -0.15) is 0 Å². The number of halogens is 1. The van der Waals surface area contributed by atoms with E-state index in [-0.39, 0.29) is 17.6 Å². The summed E-state index contributed by atoms with van der Waals surface area (Å²) < 4.78 is 13.1. The van der Waals surface area contributed by atoms with Gasteiger partial charge >= 0.3 is 0 Å². The molecule has 6 nitrogen and oxygen atoms in total. The monoisotopic (exact) mass is 411 g/mol. The van der Waals surface area contributed by atoms with Crippen molar-refractivity contribution in [3.63, 3.8) is 0 Å². The smallest absolute Gasteiger partial charge is 0.228 e. The molecule has 2 aliphatic heterocycles. The van der Waals surface area contributed by atoms with Crippen LogP contribution in [0.15, 0.2) is 36.7 Å². The number of rotatable bonds is 5. The van der Waals surface area contributed by atoms with E-state index in [1.54, 1.807) is 12.1 Å². The van der Waals surface area contributed by atoms with Crippen molar-refractivity contribution in [2.24, 2.45) is 11.8 Å². The molecule has 1 N–H and O–H groups in total. The van der Waals surface area contributed by atoms with Gasteiger partial charge in [0.25, 0.3) is 0 Å². The molecule has 30 heavy (non-hydrogen) atoms. The van der Waals surface area contributed by atoms with Crippen molar-refractivity contribution in [2.45, 2.75) is 38.8 Å². The number of amides is 1. The number of carbonyl (C=O) groups is 1. The van der Waals surface area contributed by atoms with Gasteiger partial charge in [0, 0.05) is 42.8 Å². The molecule has 2 unspecified atom stereocenters. The third-order valence-corrected chi connectivity index (χ3v) is 6.50. The van der Waals surface area contributed by atoms with Gasteiger partial charge in [-0.15, -0.1) is 0 Å². The fourth-order valence-electron chi connectivity index (χ4n) is 4.80. The molecule has 1 aromatic heterocycles. The lowest BCUT2D eigenvalue weighted by Gasteiger charge is -2.37. The van der Waals surface area contributed by atoms with Crippen molar-refractivity contribution in [1.82, 2.24) is 19.8 Å². The summed E-state index contributed by atoms with van der Waals surface area (Å²) in [5.41, 5.74) is 1.82. The molecule has 0 bridgehead atoms. The van der Waals surface area contributed by atoms with E-state index >= 15 is 0 Å². The highest BCUT2D eigenvalue weighted by Gasteiger charge is 2.39. The summed E-state index contributed by atoms with van der Waals surface area (Å²) >= 11 is 0. The van der Waals surface area contributed by atoms with Gasteiger partial charge in [0.2, 0.25) is 5.91 Å². The van der Waals surface area contributed by atoms with Crippen LogP contribution >= 0.6 is 0 Å². The van der Waals surface area contributed by atoms with E-state index in [4.69, 9.17) is 0 Å². The zero-order valence-electron chi connectivity index (χ0n) is 17.7. The Labute approximate surface area is 177 Å². The van der Waals surface area contributed by atoms with E-state index in [1.165, 1.54) is 12.1 Å². The third kappa shape index (κ3) is 5.02. The zero-order chi connectivity index (χ0) is 21.1. The summed E-state index contributed by atoms with van der Waals surface area (Å²) in [5.74, 6) is 1.14. The van der Waals surface area contributed by atoms with Crippen LogP contribution in [0, 0.1) is 24.6 Å². The van der Waals surface area contributed by atoms with Gasteiger partial charge in [0.05, 0.1) is 5.92 Å². The predicted octanol–water partition coefficient (Wildman–Crippen LogP) is 3.10. The van der Waals surface area contributed by atoms with Gasteiger partial charge in [-0.05, 0) is 76.5 Å². The Hall–Kier alpha value is -2.38. The van der Waals surface area contributed by atoms with Gasteiger partial charge in [0.1, 0.15) is 11.6 Å². The number of likely N-dealkylation sites (tertiary alicyclic amines) is 2. The quantitative estimate of drug-likeness (QED) is 0.819. The number of aryl methyl sites for hydroxylation is 1. The Morgan fingerprint density at radius 1 is 1.17 bits per heavy atom. The SMILES string of the molecule is Cc1ncc(CN2CCC(C3CC(C(=O)Nc4ccc(F)cc4)CN3C)CC2)cn1. The second-order valence-corrected chi connectivity index (χ2v) is 8.69. The minimum Gasteiger partial charge on any atom is -0.326 e. The van der Waals surface area contributed by atoms with Crippen LogP contribution in [-0.2, 0) is 11.3 Å². The van der Waals surface area contributed by atoms with Gasteiger partial charge in [-0.25, -0.2) is 14.4 Å². The van der Waals surface area contributed by atoms with Crippen molar-refractivity contribution in [2.75, 3.05) is 32.0 Å². The lowest BCUT2D eigenvalue weighted by molar-refractivity contribution is -0.119. The summed E-state index contributed by atoms with van der Waals surface area (Å²) in [6.07, 6.45) is 7.02. The van der Waals surface area contributed by atoms with Crippen LogP contribution in [0.25, 0.3) is 0 Å². The second-order valence-electron chi connectivity index (χ2n) is 8.69. The van der Waals surface area contributed by atoms with Crippen LogP contribution in [0.3, 0.4) is 0 Å². The number of nitrogens with one attached hydrogen (secondary N) is 1. The molecule has 0 radical (unpaired) electrons. The average Bonchev–Trinajstić information content (AvgIpc) is 3.14. The van der Waals surface area contributed by atoms with Crippen LogP contribution < -0.4 is 5.32 Å². The number of hydrogen-bond acceptors (Lipinski definition) is 5. The highest BCUT2D eigenvalue weighted by atomic mass is 19.1. The molecule has 2 fully saturated rings. The van der Waals surface area contributed by atoms with Crippen molar-refractivity contribution in [3.05, 3.63) is 53.9 Å². The lowest BCUT2D eigenvalue weighted by Crippen LogP contribution is -2.41. The molecule has 1 amide bonds. The fraction of sp³-hybridized carbons (Fsp3) is 0.522. The maximum Gasteiger partial charge on any atom is 0.228 e. The lowest BCUT2D eigenvalue weighted by atomic mass is 9.86. The van der Waals surface area contributed by atoms with Crippen LogP contribution in [0.2, 0.25) is 0 Å². The number of benzene rings is 1. The first-order valence-electron chi connectivity index (χ1n) is 10.7. The van der Waals surface area contributed by atoms with E-state index in [0.29, 0.717) is 17.6 Å². The molecule has 7 heteroatoms. The summed E-state index contributed by atoms with van der Waals surface area (Å²) in [6.45, 7) is 5.71. The molecular weight excluding hydrogens is 381 g/mol. The summed E-state index contributed by atoms with van der Waals surface area (Å²) in [6, 6.07) is 6.40. The van der Waals surface area contributed by atoms with E-state index in [2.05, 4.69) is 32.1 Å². The maximum absolute atomic E-state index is 13.1. The molecule has 2 aromatic rings. The van der Waals surface area contributed by atoms with Crippen LogP contribution in [0.1, 0.15) is 30.7 Å². The Bertz CT molecular complexity index is 849. The predicted molar refractivity (Wildman–Crippen MR) is 114 cm³/mol. The first-order chi connectivity index (χ1) is 14.5. The van der Waals surface area contributed by atoms with Crippen LogP contribution in [-0.4, -0.2) is 58.4 Å². The van der Waals surface area contributed by atoms with Crippen molar-refractivity contribution in [1.29, 1.82) is 0 Å². The highest BCUT2D eigenvalue weighted by molar-refractivity contribution is 5.92. The van der Waals surface area contributed by atoms with Gasteiger partial charge < -0.3 is 10.2 Å². The molecule has 2 saturated heterocycles. The minimum absolute atomic E-state index is 0.0206. The number of aromatic nitrogens is 2. The first kappa shape index (κ1) is 20.9. The summed E-state index contributed by atoms with van der Waals surface area (Å²) in [7, 11) is 2.13. The van der Waals surface area contributed by atoms with Crippen LogP contribution in [0.4, 0.5) is 10.1 Å². The zero-order valence-corrected chi connectivity index (χ0v) is 17.7. The average molecular weight is 412 g/mol. The standard InChI is InChI=1S/C23H30FN5O/c1-16-25-12-17(13-26-16)14-29-9-7-18(8-10-29)22-11-19(15-28(22)2)23(30)27-21-5-3-20(24)4-6-21/h3-6,12-13,18-19,22H,7-11,14-15H2,1-2H3,(H,27,30). The molecule has 2 aliphatic rings. The third-order valence-electron chi connectivity index (χ3n) is 6.50. The molecule has 4 rings (SSSR count). The molecule has 1 aromatic carbocycles. The van der Waals surface area contributed by atoms with Crippen molar-refractivity contribution >= 4 is 11.6 Å². The van der Waals surface area contributed by atoms with Crippen molar-refractivity contribution in [3.8, 4) is 0 Å². The topological polar surface area (TPSA) is 61.4 Å². The minimum atomic E-state index is -0.296. The molecule has 2 atom stereocenters. The summed E-state index contributed by atoms with van der Waals surface area (Å²) in [4.78, 5) is 26.1. The van der Waals surface area contributed by atoms with Crippen LogP contribution in [0.5, 0.6) is 0 Å². The first-order valence-corrected chi connectivity index (χ1v) is 10.7. The summed E-state index contributed by atoms with van der Waals surface area (Å²) in [5, 5.41) is 2.94. The fourth-order valence-corrected chi connectivity index (χ4v) is 4.80. The molecule has 0 spiro atoms. The van der Waals surface area contributed by atoms with Gasteiger partial charge in [-0.1, -0.05) is 0 Å². The van der Waals surface area contributed by atoms with Gasteiger partial charge in [-0.3, -0.25) is 9.69 Å². The van der Waals surface area contributed by atoms with E-state index in [1.807, 2.05) is 19.3 Å². The molecule has 160 valence electrons. The Morgan fingerprint density at radius 2 is 1.83 bits per heavy atom. The second kappa shape index (κ2) is 9.18. The number of anilines is 1. The number of piperidine rings is 1. The largest absolute Gasteiger partial charge is 0.326 e. The Balaban J connectivity index is 1.27. The van der Waals surface area contributed by atoms with Crippen molar-refractivity contribution < 1.29 is 9.18 Å². The normalized spacial score (nSPS) is 23.6. The molecule has 0 saturated carbocycles. The Kier molecular flexibility index (Phi) is 6.39. The van der Waals surface area contributed by atoms with Gasteiger partial charge in [0.15, 0.2) is 0 Å². The van der Waals surface area contributed by atoms with E-state index < -0.39 is 0 Å². The molecular formula is C23H30FN5O. The highest BCUT2D eigenvalue weighted by Crippen LogP contribution is 2.33. The Morgan fingerprint density at radius 3 is 2.50 bits per heavy atom. The number of carbonyl (C=O) groups excluding carboxylic acids is 1. The number of nitrogens with zero attached hydrogens (tertiary/aromatic N) is 4. The van der Waals surface area contributed by atoms with E-state index in [9.17, 15) is 9.18 Å². The number of hydrogen-bond donors (Lipinski definition) is 1. The molecule has 3 heterocycles. The molecule has 0 aliphatic carbocycles. The van der Waals surface area contributed by atoms with E-state index in [0.717, 1.165) is 56.8 Å². The maximum atomic E-state index is 13.1.